The van der Waals surface area contributed by atoms with Crippen LogP contribution < -0.4 is 0 Å². The molecule has 21 heavy (non-hydrogen) atoms. The van der Waals surface area contributed by atoms with Crippen molar-refractivity contribution < 1.29 is 9.53 Å². The van der Waals surface area contributed by atoms with E-state index in [1.54, 1.807) is 4.90 Å². The minimum Gasteiger partial charge on any atom is -0.449 e. The maximum atomic E-state index is 12.0. The third kappa shape index (κ3) is 2.84. The number of piperidine rings is 1. The first kappa shape index (κ1) is 13.9. The van der Waals surface area contributed by atoms with E-state index in [2.05, 4.69) is 10.2 Å². The second kappa shape index (κ2) is 6.11. The maximum absolute atomic E-state index is 12.0. The van der Waals surface area contributed by atoms with Crippen LogP contribution in [0.25, 0.3) is 5.65 Å². The van der Waals surface area contributed by atoms with Gasteiger partial charge in [0, 0.05) is 25.2 Å². The molecule has 0 spiro atoms. The van der Waals surface area contributed by atoms with Crippen LogP contribution in [0, 0.1) is 0 Å². The molecule has 2 aromatic rings. The first-order valence-electron chi connectivity index (χ1n) is 7.51. The van der Waals surface area contributed by atoms with E-state index in [0.717, 1.165) is 37.3 Å². The Hall–Kier alpha value is -2.11. The van der Waals surface area contributed by atoms with Crippen LogP contribution in [0.15, 0.2) is 24.4 Å². The third-order valence-corrected chi connectivity index (χ3v) is 3.81. The molecule has 6 heteroatoms. The second-order valence-corrected chi connectivity index (χ2v) is 5.39. The lowest BCUT2D eigenvalue weighted by molar-refractivity contribution is 0.0909. The molecule has 0 saturated carbocycles. The molecule has 1 saturated heterocycles. The summed E-state index contributed by atoms with van der Waals surface area (Å²) in [6.07, 6.45) is 4.59. The van der Waals surface area contributed by atoms with Crippen molar-refractivity contribution in [3.8, 4) is 0 Å². The van der Waals surface area contributed by atoms with Gasteiger partial charge in [-0.3, -0.25) is 4.40 Å². The Balaban J connectivity index is 1.75. The van der Waals surface area contributed by atoms with E-state index in [4.69, 9.17) is 4.74 Å². The average Bonchev–Trinajstić information content (AvgIpc) is 2.97. The lowest BCUT2D eigenvalue weighted by Gasteiger charge is -2.31. The molecule has 1 atom stereocenters. The first-order chi connectivity index (χ1) is 10.3. The van der Waals surface area contributed by atoms with Gasteiger partial charge in [-0.15, -0.1) is 10.2 Å². The number of ether oxygens (including phenoxy) is 1. The van der Waals surface area contributed by atoms with Crippen molar-refractivity contribution >= 4 is 11.7 Å². The zero-order valence-electron chi connectivity index (χ0n) is 12.2. The van der Waals surface area contributed by atoms with Gasteiger partial charge in [0.25, 0.3) is 0 Å². The number of fused-ring (bicyclic) bond motifs is 1. The summed E-state index contributed by atoms with van der Waals surface area (Å²) < 4.78 is 7.23. The van der Waals surface area contributed by atoms with Gasteiger partial charge in [-0.05, 0) is 31.4 Å². The van der Waals surface area contributed by atoms with E-state index < -0.39 is 0 Å². The molecule has 0 unspecified atom stereocenters. The number of likely N-dealkylation sites (tertiary alicyclic amines) is 1. The lowest BCUT2D eigenvalue weighted by Crippen LogP contribution is -2.40. The molecule has 0 aromatic carbocycles. The second-order valence-electron chi connectivity index (χ2n) is 5.39. The molecule has 3 heterocycles. The molecule has 0 bridgehead atoms. The summed E-state index contributed by atoms with van der Waals surface area (Å²) in [5.74, 6) is 1.14. The van der Waals surface area contributed by atoms with E-state index in [9.17, 15) is 4.79 Å². The molecule has 1 fully saturated rings. The van der Waals surface area contributed by atoms with E-state index in [1.165, 1.54) is 0 Å². The largest absolute Gasteiger partial charge is 0.449 e. The third-order valence-electron chi connectivity index (χ3n) is 3.81. The van der Waals surface area contributed by atoms with E-state index in [-0.39, 0.29) is 12.0 Å². The van der Waals surface area contributed by atoms with Crippen molar-refractivity contribution in [3.63, 3.8) is 0 Å². The van der Waals surface area contributed by atoms with E-state index in [0.29, 0.717) is 13.2 Å². The number of rotatable bonds is 3. The quantitative estimate of drug-likeness (QED) is 0.870. The van der Waals surface area contributed by atoms with Crippen LogP contribution in [0.5, 0.6) is 0 Å². The standard InChI is InChI=1S/C15H20N4O2/c1-2-10-21-15(20)18-8-5-6-12(11-18)14-17-16-13-7-3-4-9-19(13)14/h3-4,7,9,12H,2,5-6,8,10-11H2,1H3/t12-/m1/s1. The number of carbonyl (C=O) groups excluding carboxylic acids is 1. The molecule has 0 radical (unpaired) electrons. The van der Waals surface area contributed by atoms with Gasteiger partial charge in [0.1, 0.15) is 5.82 Å². The van der Waals surface area contributed by atoms with Gasteiger partial charge in [-0.1, -0.05) is 13.0 Å². The Morgan fingerprint density at radius 2 is 2.33 bits per heavy atom. The van der Waals surface area contributed by atoms with E-state index >= 15 is 0 Å². The summed E-state index contributed by atoms with van der Waals surface area (Å²) in [6, 6.07) is 5.85. The van der Waals surface area contributed by atoms with Crippen molar-refractivity contribution in [1.82, 2.24) is 19.5 Å². The fourth-order valence-electron chi connectivity index (χ4n) is 2.77. The number of aromatic nitrogens is 3. The summed E-state index contributed by atoms with van der Waals surface area (Å²) in [7, 11) is 0. The van der Waals surface area contributed by atoms with Crippen molar-refractivity contribution in [2.45, 2.75) is 32.1 Å². The normalized spacial score (nSPS) is 18.9. The Labute approximate surface area is 123 Å². The Kier molecular flexibility index (Phi) is 4.03. The van der Waals surface area contributed by atoms with Crippen molar-refractivity contribution in [2.75, 3.05) is 19.7 Å². The number of carbonyl (C=O) groups is 1. The molecule has 1 aliphatic heterocycles. The summed E-state index contributed by atoms with van der Waals surface area (Å²) in [6.45, 7) is 3.89. The minimum absolute atomic E-state index is 0.213. The van der Waals surface area contributed by atoms with Crippen molar-refractivity contribution in [3.05, 3.63) is 30.2 Å². The number of nitrogens with zero attached hydrogens (tertiary/aromatic N) is 4. The molecule has 0 aliphatic carbocycles. The topological polar surface area (TPSA) is 59.7 Å². The van der Waals surface area contributed by atoms with Gasteiger partial charge in [-0.25, -0.2) is 4.79 Å². The molecule has 6 nitrogen and oxygen atoms in total. The maximum Gasteiger partial charge on any atom is 0.409 e. The number of hydrogen-bond donors (Lipinski definition) is 0. The first-order valence-corrected chi connectivity index (χ1v) is 7.51. The number of amides is 1. The van der Waals surface area contributed by atoms with Crippen LogP contribution in [-0.4, -0.2) is 45.3 Å². The Morgan fingerprint density at radius 1 is 1.43 bits per heavy atom. The van der Waals surface area contributed by atoms with Crippen LogP contribution >= 0.6 is 0 Å². The van der Waals surface area contributed by atoms with Crippen molar-refractivity contribution in [1.29, 1.82) is 0 Å². The van der Waals surface area contributed by atoms with Gasteiger partial charge in [0.2, 0.25) is 0 Å². The zero-order chi connectivity index (χ0) is 14.7. The summed E-state index contributed by atoms with van der Waals surface area (Å²) in [4.78, 5) is 13.8. The molecule has 112 valence electrons. The average molecular weight is 288 g/mol. The molecule has 1 amide bonds. The SMILES string of the molecule is CCCOC(=O)N1CCC[C@@H](c2nnc3ccccn23)C1. The number of pyridine rings is 1. The lowest BCUT2D eigenvalue weighted by atomic mass is 9.97. The monoisotopic (exact) mass is 288 g/mol. The van der Waals surface area contributed by atoms with Gasteiger partial charge >= 0.3 is 6.09 Å². The van der Waals surface area contributed by atoms with Crippen LogP contribution in [0.4, 0.5) is 4.79 Å². The minimum atomic E-state index is -0.213. The highest BCUT2D eigenvalue weighted by molar-refractivity contribution is 5.67. The van der Waals surface area contributed by atoms with Gasteiger partial charge < -0.3 is 9.64 Å². The fraction of sp³-hybridized carbons (Fsp3) is 0.533. The van der Waals surface area contributed by atoms with Gasteiger partial charge in [0.05, 0.1) is 6.61 Å². The number of hydrogen-bond acceptors (Lipinski definition) is 4. The summed E-state index contributed by atoms with van der Waals surface area (Å²) >= 11 is 0. The summed E-state index contributed by atoms with van der Waals surface area (Å²) in [5, 5.41) is 8.50. The molecule has 0 N–H and O–H groups in total. The smallest absolute Gasteiger partial charge is 0.409 e. The molecule has 3 rings (SSSR count). The fourth-order valence-corrected chi connectivity index (χ4v) is 2.77. The predicted octanol–water partition coefficient (Wildman–Crippen LogP) is 2.46. The van der Waals surface area contributed by atoms with Crippen LogP contribution in [-0.2, 0) is 4.74 Å². The zero-order valence-corrected chi connectivity index (χ0v) is 12.2. The van der Waals surface area contributed by atoms with Crippen LogP contribution in [0.1, 0.15) is 37.9 Å². The highest BCUT2D eigenvalue weighted by Gasteiger charge is 2.28. The molecule has 1 aliphatic rings. The molecule has 2 aromatic heterocycles. The van der Waals surface area contributed by atoms with Gasteiger partial charge in [0.15, 0.2) is 5.65 Å². The Morgan fingerprint density at radius 3 is 3.19 bits per heavy atom. The van der Waals surface area contributed by atoms with Gasteiger partial charge in [-0.2, -0.15) is 0 Å². The molecular formula is C15H20N4O2. The highest BCUT2D eigenvalue weighted by Crippen LogP contribution is 2.26. The Bertz CT molecular complexity index is 625. The highest BCUT2D eigenvalue weighted by atomic mass is 16.6. The molecular weight excluding hydrogens is 268 g/mol. The van der Waals surface area contributed by atoms with Crippen LogP contribution in [0.2, 0.25) is 0 Å². The summed E-state index contributed by atoms with van der Waals surface area (Å²) in [5.41, 5.74) is 0.846. The van der Waals surface area contributed by atoms with E-state index in [1.807, 2.05) is 35.7 Å². The predicted molar refractivity (Wildman–Crippen MR) is 78.2 cm³/mol. The van der Waals surface area contributed by atoms with Crippen molar-refractivity contribution in [2.24, 2.45) is 0 Å². The van der Waals surface area contributed by atoms with Crippen LogP contribution in [0.3, 0.4) is 0 Å².